The van der Waals surface area contributed by atoms with Crippen LogP contribution in [0.3, 0.4) is 0 Å². The molecule has 0 radical (unpaired) electrons. The van der Waals surface area contributed by atoms with Gasteiger partial charge in [0.1, 0.15) is 0 Å². The molecular formula is C12H14ClN3OS2. The number of anilines is 1. The van der Waals surface area contributed by atoms with Crippen LogP contribution < -0.4 is 4.90 Å². The van der Waals surface area contributed by atoms with Crippen LogP contribution in [0.25, 0.3) is 0 Å². The number of benzene rings is 1. The van der Waals surface area contributed by atoms with Gasteiger partial charge in [0.25, 0.3) is 0 Å². The van der Waals surface area contributed by atoms with Crippen LogP contribution in [0.4, 0.5) is 5.13 Å². The largest absolute Gasteiger partial charge is 0.353 e. The molecular weight excluding hydrogens is 302 g/mol. The van der Waals surface area contributed by atoms with Gasteiger partial charge in [-0.3, -0.25) is 4.21 Å². The summed E-state index contributed by atoms with van der Waals surface area (Å²) in [6.45, 7) is 0. The summed E-state index contributed by atoms with van der Waals surface area (Å²) in [4.78, 5) is 6.21. The summed E-state index contributed by atoms with van der Waals surface area (Å²) in [6.07, 6.45) is 0. The lowest BCUT2D eigenvalue weighted by Gasteiger charge is -2.04. The molecule has 1 heterocycles. The summed E-state index contributed by atoms with van der Waals surface area (Å²) in [5.41, 5.74) is 0.894. The van der Waals surface area contributed by atoms with Gasteiger partial charge in [-0.2, -0.15) is 4.37 Å². The average molecular weight is 316 g/mol. The molecule has 0 aliphatic rings. The highest BCUT2D eigenvalue weighted by Crippen LogP contribution is 2.19. The number of halogens is 1. The van der Waals surface area contributed by atoms with Crippen LogP contribution in [0.1, 0.15) is 11.4 Å². The number of nitrogens with zero attached hydrogens (tertiary/aromatic N) is 3. The second-order valence-electron chi connectivity index (χ2n) is 4.21. The van der Waals surface area contributed by atoms with Gasteiger partial charge < -0.3 is 4.90 Å². The van der Waals surface area contributed by atoms with E-state index in [1.165, 1.54) is 11.5 Å². The molecule has 0 fully saturated rings. The van der Waals surface area contributed by atoms with Crippen LogP contribution >= 0.6 is 23.1 Å². The molecule has 2 aromatic rings. The van der Waals surface area contributed by atoms with Crippen LogP contribution in [0.5, 0.6) is 0 Å². The van der Waals surface area contributed by atoms with Gasteiger partial charge in [0, 0.05) is 41.5 Å². The number of rotatable bonds is 5. The van der Waals surface area contributed by atoms with Gasteiger partial charge in [-0.25, -0.2) is 4.98 Å². The molecule has 102 valence electrons. The maximum absolute atomic E-state index is 12.1. The highest BCUT2D eigenvalue weighted by molar-refractivity contribution is 7.83. The van der Waals surface area contributed by atoms with E-state index < -0.39 is 10.8 Å². The fraction of sp³-hybridized carbons (Fsp3) is 0.333. The van der Waals surface area contributed by atoms with Gasteiger partial charge in [0.05, 0.1) is 11.5 Å². The maximum atomic E-state index is 12.1. The summed E-state index contributed by atoms with van der Waals surface area (Å²) in [5.74, 6) is 1.41. The SMILES string of the molecule is CN(C)c1nc(C[S@](=O)Cc2ccccc2Cl)ns1. The first-order chi connectivity index (χ1) is 9.06. The molecule has 0 N–H and O–H groups in total. The zero-order valence-electron chi connectivity index (χ0n) is 10.7. The second-order valence-corrected chi connectivity index (χ2v) is 6.80. The van der Waals surface area contributed by atoms with Gasteiger partial charge in [0.2, 0.25) is 5.13 Å². The van der Waals surface area contributed by atoms with Crippen LogP contribution in [0.15, 0.2) is 24.3 Å². The van der Waals surface area contributed by atoms with Crippen LogP contribution in [0, 0.1) is 0 Å². The molecule has 2 rings (SSSR count). The van der Waals surface area contributed by atoms with Crippen LogP contribution in [-0.2, 0) is 22.3 Å². The van der Waals surface area contributed by atoms with Crippen molar-refractivity contribution in [2.75, 3.05) is 19.0 Å². The van der Waals surface area contributed by atoms with E-state index in [4.69, 9.17) is 11.6 Å². The van der Waals surface area contributed by atoms with E-state index in [9.17, 15) is 4.21 Å². The molecule has 0 aliphatic carbocycles. The summed E-state index contributed by atoms with van der Waals surface area (Å²) in [7, 11) is 2.76. The van der Waals surface area contributed by atoms with E-state index in [0.717, 1.165) is 10.7 Å². The molecule has 0 saturated carbocycles. The van der Waals surface area contributed by atoms with E-state index in [0.29, 0.717) is 22.4 Å². The number of aromatic nitrogens is 2. The van der Waals surface area contributed by atoms with Crippen molar-refractivity contribution in [3.8, 4) is 0 Å². The third kappa shape index (κ3) is 3.99. The Morgan fingerprint density at radius 3 is 2.68 bits per heavy atom. The first kappa shape index (κ1) is 14.4. The first-order valence-corrected chi connectivity index (χ1v) is 8.28. The average Bonchev–Trinajstić information content (AvgIpc) is 2.80. The summed E-state index contributed by atoms with van der Waals surface area (Å²) in [5, 5.41) is 1.47. The fourth-order valence-corrected chi connectivity index (χ4v) is 3.55. The van der Waals surface area contributed by atoms with Crippen molar-refractivity contribution in [1.82, 2.24) is 9.36 Å². The predicted octanol–water partition coefficient (Wildman–Crippen LogP) is 2.71. The molecule has 19 heavy (non-hydrogen) atoms. The molecule has 1 atom stereocenters. The minimum Gasteiger partial charge on any atom is -0.353 e. The van der Waals surface area contributed by atoms with E-state index in [2.05, 4.69) is 9.36 Å². The molecule has 1 aromatic carbocycles. The van der Waals surface area contributed by atoms with Crippen LogP contribution in [-0.4, -0.2) is 27.7 Å². The highest BCUT2D eigenvalue weighted by Gasteiger charge is 2.11. The van der Waals surface area contributed by atoms with Crippen molar-refractivity contribution in [3.05, 3.63) is 40.7 Å². The van der Waals surface area contributed by atoms with Gasteiger partial charge >= 0.3 is 0 Å². The lowest BCUT2D eigenvalue weighted by atomic mass is 10.2. The zero-order chi connectivity index (χ0) is 13.8. The van der Waals surface area contributed by atoms with Crippen molar-refractivity contribution < 1.29 is 4.21 Å². The molecule has 1 aromatic heterocycles. The Hall–Kier alpha value is -0.980. The number of hydrogen-bond acceptors (Lipinski definition) is 5. The lowest BCUT2D eigenvalue weighted by Crippen LogP contribution is -2.08. The summed E-state index contributed by atoms with van der Waals surface area (Å²) < 4.78 is 16.3. The van der Waals surface area contributed by atoms with Crippen molar-refractivity contribution in [1.29, 1.82) is 0 Å². The Kier molecular flexibility index (Phi) is 4.90. The van der Waals surface area contributed by atoms with Gasteiger partial charge in [-0.1, -0.05) is 29.8 Å². The van der Waals surface area contributed by atoms with Crippen molar-refractivity contribution in [2.45, 2.75) is 11.5 Å². The molecule has 0 amide bonds. The van der Waals surface area contributed by atoms with E-state index in [-0.39, 0.29) is 0 Å². The molecule has 7 heteroatoms. The minimum atomic E-state index is -1.05. The standard InChI is InChI=1S/C12H14ClN3OS2/c1-16(2)12-14-11(15-18-12)8-19(17)7-9-5-3-4-6-10(9)13/h3-6H,7-8H2,1-2H3/t19-/m1/s1. The Balaban J connectivity index is 1.99. The molecule has 0 spiro atoms. The quantitative estimate of drug-likeness (QED) is 0.851. The van der Waals surface area contributed by atoms with E-state index in [1.54, 1.807) is 6.07 Å². The van der Waals surface area contributed by atoms with E-state index in [1.807, 2.05) is 37.2 Å². The summed E-state index contributed by atoms with van der Waals surface area (Å²) in [6, 6.07) is 7.45. The normalized spacial score (nSPS) is 12.4. The van der Waals surface area contributed by atoms with Gasteiger partial charge in [-0.15, -0.1) is 0 Å². The third-order valence-electron chi connectivity index (χ3n) is 2.40. The Morgan fingerprint density at radius 1 is 1.32 bits per heavy atom. The highest BCUT2D eigenvalue weighted by atomic mass is 35.5. The predicted molar refractivity (Wildman–Crippen MR) is 81.2 cm³/mol. The smallest absolute Gasteiger partial charge is 0.204 e. The van der Waals surface area contributed by atoms with Crippen molar-refractivity contribution in [3.63, 3.8) is 0 Å². The molecule has 0 unspecified atom stereocenters. The van der Waals surface area contributed by atoms with E-state index >= 15 is 0 Å². The Bertz CT molecular complexity index is 586. The lowest BCUT2D eigenvalue weighted by molar-refractivity contribution is 0.681. The van der Waals surface area contributed by atoms with Crippen molar-refractivity contribution >= 4 is 39.1 Å². The van der Waals surface area contributed by atoms with Gasteiger partial charge in [-0.05, 0) is 11.6 Å². The van der Waals surface area contributed by atoms with Gasteiger partial charge in [0.15, 0.2) is 5.82 Å². The van der Waals surface area contributed by atoms with Crippen molar-refractivity contribution in [2.24, 2.45) is 0 Å². The fourth-order valence-electron chi connectivity index (χ4n) is 1.47. The zero-order valence-corrected chi connectivity index (χ0v) is 13.1. The van der Waals surface area contributed by atoms with Crippen LogP contribution in [0.2, 0.25) is 5.02 Å². The Morgan fingerprint density at radius 2 is 2.05 bits per heavy atom. The second kappa shape index (κ2) is 6.45. The summed E-state index contributed by atoms with van der Waals surface area (Å²) >= 11 is 7.36. The molecule has 4 nitrogen and oxygen atoms in total. The topological polar surface area (TPSA) is 46.1 Å². The third-order valence-corrected chi connectivity index (χ3v) is 4.91. The first-order valence-electron chi connectivity index (χ1n) is 5.64. The molecule has 0 bridgehead atoms. The Labute approximate surface area is 124 Å². The molecule has 0 aliphatic heterocycles. The minimum absolute atomic E-state index is 0.357. The molecule has 0 saturated heterocycles. The number of hydrogen-bond donors (Lipinski definition) is 0. The maximum Gasteiger partial charge on any atom is 0.204 e. The monoisotopic (exact) mass is 315 g/mol.